The van der Waals surface area contributed by atoms with Crippen LogP contribution >= 0.6 is 0 Å². The minimum absolute atomic E-state index is 0.225. The first kappa shape index (κ1) is 27.9. The molecule has 5 rings (SSSR count). The third-order valence-corrected chi connectivity index (χ3v) is 7.04. The van der Waals surface area contributed by atoms with Crippen molar-refractivity contribution >= 4 is 33.7 Å². The van der Waals surface area contributed by atoms with E-state index in [-0.39, 0.29) is 13.6 Å². The SMILES string of the molecule is COCOc1ccc2cc3c4c(OCOC)ccc3cc2c1/C=C\CCCCC/C=C/CCCCC/C=C\4. The Kier molecular flexibility index (Phi) is 11.3. The predicted octanol–water partition coefficient (Wildman–Crippen LogP) is 9.46. The van der Waals surface area contributed by atoms with E-state index >= 15 is 0 Å². The number of fused-ring (bicyclic) bond motifs is 12. The van der Waals surface area contributed by atoms with Crippen molar-refractivity contribution in [3.8, 4) is 11.5 Å². The number of benzene rings is 3. The van der Waals surface area contributed by atoms with Gasteiger partial charge in [-0.15, -0.1) is 0 Å². The fourth-order valence-electron chi connectivity index (χ4n) is 5.03. The highest BCUT2D eigenvalue weighted by Gasteiger charge is 2.12. The van der Waals surface area contributed by atoms with Gasteiger partial charge in [0, 0.05) is 25.3 Å². The van der Waals surface area contributed by atoms with Crippen LogP contribution < -0.4 is 9.47 Å². The lowest BCUT2D eigenvalue weighted by Gasteiger charge is -2.15. The topological polar surface area (TPSA) is 36.9 Å². The number of methoxy groups -OCH3 is 2. The molecule has 0 aromatic heterocycles. The van der Waals surface area contributed by atoms with Gasteiger partial charge in [-0.2, -0.15) is 0 Å². The van der Waals surface area contributed by atoms with Crippen molar-refractivity contribution in [3.05, 3.63) is 71.8 Å². The molecular weight excluding hydrogens is 472 g/mol. The Bertz CT molecular complexity index is 1160. The highest BCUT2D eigenvalue weighted by atomic mass is 16.7. The van der Waals surface area contributed by atoms with E-state index in [1.807, 2.05) is 0 Å². The largest absolute Gasteiger partial charge is 0.467 e. The summed E-state index contributed by atoms with van der Waals surface area (Å²) in [6.45, 7) is 0.450. The van der Waals surface area contributed by atoms with Gasteiger partial charge < -0.3 is 18.9 Å². The van der Waals surface area contributed by atoms with Crippen LogP contribution in [0, 0.1) is 0 Å². The molecule has 0 heterocycles. The zero-order valence-corrected chi connectivity index (χ0v) is 23.0. The highest BCUT2D eigenvalue weighted by molar-refractivity contribution is 6.06. The molecule has 2 aliphatic carbocycles. The van der Waals surface area contributed by atoms with Gasteiger partial charge in [-0.3, -0.25) is 0 Å². The first-order valence-corrected chi connectivity index (χ1v) is 14.1. The van der Waals surface area contributed by atoms with Crippen LogP contribution in [0.1, 0.15) is 75.3 Å². The number of rotatable bonds is 6. The lowest BCUT2D eigenvalue weighted by Crippen LogP contribution is -2.01. The van der Waals surface area contributed by atoms with E-state index in [9.17, 15) is 0 Å². The zero-order chi connectivity index (χ0) is 26.4. The van der Waals surface area contributed by atoms with Crippen molar-refractivity contribution < 1.29 is 18.9 Å². The summed E-state index contributed by atoms with van der Waals surface area (Å²) in [4.78, 5) is 0. The molecule has 0 fully saturated rings. The summed E-state index contributed by atoms with van der Waals surface area (Å²) < 4.78 is 22.4. The Balaban J connectivity index is 1.77. The average Bonchev–Trinajstić information content (AvgIpc) is 2.94. The molecule has 0 N–H and O–H groups in total. The van der Waals surface area contributed by atoms with Gasteiger partial charge in [-0.05, 0) is 97.2 Å². The lowest BCUT2D eigenvalue weighted by molar-refractivity contribution is 0.0509. The van der Waals surface area contributed by atoms with Crippen LogP contribution in [0.15, 0.2) is 60.7 Å². The normalized spacial score (nSPS) is 18.3. The van der Waals surface area contributed by atoms with Gasteiger partial charge >= 0.3 is 0 Å². The molecule has 2 aliphatic rings. The van der Waals surface area contributed by atoms with E-state index in [4.69, 9.17) is 18.9 Å². The number of hydrogen-bond acceptors (Lipinski definition) is 4. The van der Waals surface area contributed by atoms with Crippen LogP contribution in [0.25, 0.3) is 33.7 Å². The summed E-state index contributed by atoms with van der Waals surface area (Å²) >= 11 is 0. The number of ether oxygens (including phenoxy) is 4. The average molecular weight is 515 g/mol. The van der Waals surface area contributed by atoms with E-state index in [1.54, 1.807) is 14.2 Å². The predicted molar refractivity (Wildman–Crippen MR) is 160 cm³/mol. The molecule has 38 heavy (non-hydrogen) atoms. The smallest absolute Gasteiger partial charge is 0.188 e. The minimum Gasteiger partial charge on any atom is -0.467 e. The molecule has 6 bridgehead atoms. The molecule has 0 spiro atoms. The fraction of sp³-hybridized carbons (Fsp3) is 0.412. The molecule has 0 aliphatic heterocycles. The van der Waals surface area contributed by atoms with Crippen molar-refractivity contribution in [1.82, 2.24) is 0 Å². The Hall–Kier alpha value is -3.08. The Labute approximate surface area is 227 Å². The summed E-state index contributed by atoms with van der Waals surface area (Å²) in [5.74, 6) is 1.68. The van der Waals surface area contributed by atoms with Gasteiger partial charge in [0.15, 0.2) is 13.6 Å². The molecule has 0 amide bonds. The fourth-order valence-corrected chi connectivity index (χ4v) is 5.03. The highest BCUT2D eigenvalue weighted by Crippen LogP contribution is 2.37. The monoisotopic (exact) mass is 514 g/mol. The third-order valence-electron chi connectivity index (χ3n) is 7.04. The molecule has 0 saturated heterocycles. The maximum Gasteiger partial charge on any atom is 0.188 e. The Morgan fingerprint density at radius 3 is 1.37 bits per heavy atom. The molecule has 0 saturated carbocycles. The van der Waals surface area contributed by atoms with Crippen LogP contribution in [-0.2, 0) is 9.47 Å². The second-order valence-electron chi connectivity index (χ2n) is 9.90. The van der Waals surface area contributed by atoms with E-state index in [2.05, 4.69) is 72.9 Å². The van der Waals surface area contributed by atoms with Crippen LogP contribution in [-0.4, -0.2) is 27.8 Å². The summed E-state index contributed by atoms with van der Waals surface area (Å²) in [6.07, 6.45) is 25.7. The summed E-state index contributed by atoms with van der Waals surface area (Å²) in [6, 6.07) is 12.9. The standard InChI is InChI=1S/C34H42O4/c1-35-25-37-33-21-19-27-24-32-28-20-22-34(38-26-36-2)30(32)18-16-14-12-10-8-6-4-3-5-7-9-11-13-15-17-29(33)31(27)23-28/h3-4,15-24H,5-14,25-26H2,1-2H3/b4-3+,17-15-,18-16-. The first-order chi connectivity index (χ1) is 18.8. The van der Waals surface area contributed by atoms with Gasteiger partial charge in [-0.1, -0.05) is 61.4 Å². The second-order valence-corrected chi connectivity index (χ2v) is 9.90. The molecular formula is C34H42O4. The first-order valence-electron chi connectivity index (χ1n) is 14.1. The summed E-state index contributed by atoms with van der Waals surface area (Å²) in [5.41, 5.74) is 2.20. The van der Waals surface area contributed by atoms with E-state index in [0.29, 0.717) is 0 Å². The Morgan fingerprint density at radius 1 is 0.526 bits per heavy atom. The van der Waals surface area contributed by atoms with Crippen LogP contribution in [0.4, 0.5) is 0 Å². The molecule has 4 heteroatoms. The van der Waals surface area contributed by atoms with Gasteiger partial charge in [0.25, 0.3) is 0 Å². The number of allylic oxidation sites excluding steroid dienone is 4. The van der Waals surface area contributed by atoms with Gasteiger partial charge in [0.05, 0.1) is 0 Å². The van der Waals surface area contributed by atoms with Crippen molar-refractivity contribution in [2.75, 3.05) is 27.8 Å². The second kappa shape index (κ2) is 15.4. The maximum atomic E-state index is 5.97. The lowest BCUT2D eigenvalue weighted by atomic mass is 9.95. The van der Waals surface area contributed by atoms with Crippen molar-refractivity contribution in [3.63, 3.8) is 0 Å². The molecule has 0 radical (unpaired) electrons. The van der Waals surface area contributed by atoms with Crippen molar-refractivity contribution in [2.24, 2.45) is 0 Å². The van der Waals surface area contributed by atoms with Crippen molar-refractivity contribution in [1.29, 1.82) is 0 Å². The van der Waals surface area contributed by atoms with Crippen LogP contribution in [0.5, 0.6) is 11.5 Å². The minimum atomic E-state index is 0.225. The number of hydrogen-bond donors (Lipinski definition) is 0. The molecule has 0 atom stereocenters. The third kappa shape index (κ3) is 7.72. The molecule has 0 unspecified atom stereocenters. The van der Waals surface area contributed by atoms with E-state index in [1.165, 1.54) is 72.9 Å². The van der Waals surface area contributed by atoms with Gasteiger partial charge in [0.1, 0.15) is 11.5 Å². The molecule has 202 valence electrons. The molecule has 3 aromatic rings. The van der Waals surface area contributed by atoms with Crippen molar-refractivity contribution in [2.45, 2.75) is 64.2 Å². The molecule has 3 aromatic carbocycles. The van der Waals surface area contributed by atoms with Gasteiger partial charge in [-0.25, -0.2) is 0 Å². The maximum absolute atomic E-state index is 5.97. The molecule has 4 nitrogen and oxygen atoms in total. The summed E-state index contributed by atoms with van der Waals surface area (Å²) in [5, 5.41) is 4.70. The van der Waals surface area contributed by atoms with Crippen LogP contribution in [0.2, 0.25) is 0 Å². The van der Waals surface area contributed by atoms with E-state index < -0.39 is 0 Å². The van der Waals surface area contributed by atoms with Gasteiger partial charge in [0.2, 0.25) is 0 Å². The Morgan fingerprint density at radius 2 is 0.947 bits per heavy atom. The zero-order valence-electron chi connectivity index (χ0n) is 23.0. The summed E-state index contributed by atoms with van der Waals surface area (Å²) in [7, 11) is 3.31. The van der Waals surface area contributed by atoms with E-state index in [0.717, 1.165) is 35.5 Å². The quantitative estimate of drug-likeness (QED) is 0.186. The van der Waals surface area contributed by atoms with Crippen LogP contribution in [0.3, 0.4) is 0 Å².